The van der Waals surface area contributed by atoms with E-state index in [1.165, 1.54) is 0 Å². The molecule has 0 atom stereocenters. The molecule has 0 unspecified atom stereocenters. The minimum absolute atomic E-state index is 0.696. The summed E-state index contributed by atoms with van der Waals surface area (Å²) in [6.07, 6.45) is 2.90. The Balaban J connectivity index is 1.81. The van der Waals surface area contributed by atoms with Crippen LogP contribution in [0.1, 0.15) is 16.9 Å². The van der Waals surface area contributed by atoms with E-state index in [2.05, 4.69) is 16.5 Å². The summed E-state index contributed by atoms with van der Waals surface area (Å²) in [4.78, 5) is 1.13. The van der Waals surface area contributed by atoms with Gasteiger partial charge in [0.1, 0.15) is 11.9 Å². The molecule has 2 aromatic rings. The number of hydrogen-bond acceptors (Lipinski definition) is 5. The van der Waals surface area contributed by atoms with Crippen LogP contribution in [0.4, 0.5) is 5.82 Å². The summed E-state index contributed by atoms with van der Waals surface area (Å²) in [6.45, 7) is 2.29. The SMILES string of the molecule is COCCCn1ccc(NCc2cc(C#N)cs2)n1. The Labute approximate surface area is 116 Å². The molecule has 19 heavy (non-hydrogen) atoms. The normalized spacial score (nSPS) is 10.3. The van der Waals surface area contributed by atoms with Crippen LogP contribution in [0.5, 0.6) is 0 Å². The third-order valence-corrected chi connectivity index (χ3v) is 3.54. The second-order valence-electron chi connectivity index (χ2n) is 4.08. The fraction of sp³-hybridized carbons (Fsp3) is 0.385. The molecule has 2 heterocycles. The first-order valence-corrected chi connectivity index (χ1v) is 6.93. The van der Waals surface area contributed by atoms with E-state index in [1.807, 2.05) is 28.4 Å². The topological polar surface area (TPSA) is 62.9 Å². The first kappa shape index (κ1) is 13.6. The second kappa shape index (κ2) is 6.92. The monoisotopic (exact) mass is 276 g/mol. The maximum atomic E-state index is 8.75. The van der Waals surface area contributed by atoms with Crippen molar-refractivity contribution in [2.45, 2.75) is 19.5 Å². The first-order valence-electron chi connectivity index (χ1n) is 6.05. The highest BCUT2D eigenvalue weighted by atomic mass is 32.1. The number of thiophene rings is 1. The summed E-state index contributed by atoms with van der Waals surface area (Å²) in [6, 6.07) is 5.98. The van der Waals surface area contributed by atoms with Crippen LogP contribution in [0.3, 0.4) is 0 Å². The Bertz CT molecular complexity index is 555. The lowest BCUT2D eigenvalue weighted by molar-refractivity contribution is 0.189. The van der Waals surface area contributed by atoms with Gasteiger partial charge in [0.2, 0.25) is 0 Å². The van der Waals surface area contributed by atoms with Crippen LogP contribution in [0.25, 0.3) is 0 Å². The lowest BCUT2D eigenvalue weighted by atomic mass is 10.3. The van der Waals surface area contributed by atoms with Gasteiger partial charge in [-0.1, -0.05) is 0 Å². The van der Waals surface area contributed by atoms with E-state index in [1.54, 1.807) is 18.4 Å². The Morgan fingerprint density at radius 1 is 1.58 bits per heavy atom. The number of nitrogens with zero attached hydrogens (tertiary/aromatic N) is 3. The number of ether oxygens (including phenoxy) is 1. The zero-order valence-electron chi connectivity index (χ0n) is 10.8. The van der Waals surface area contributed by atoms with Crippen molar-refractivity contribution in [1.82, 2.24) is 9.78 Å². The maximum absolute atomic E-state index is 8.75. The van der Waals surface area contributed by atoms with Gasteiger partial charge in [0.15, 0.2) is 0 Å². The van der Waals surface area contributed by atoms with E-state index in [4.69, 9.17) is 10.00 Å². The van der Waals surface area contributed by atoms with E-state index < -0.39 is 0 Å². The Hall–Kier alpha value is -1.84. The molecule has 100 valence electrons. The van der Waals surface area contributed by atoms with Crippen molar-refractivity contribution in [3.8, 4) is 6.07 Å². The van der Waals surface area contributed by atoms with Gasteiger partial charge in [-0.15, -0.1) is 11.3 Å². The zero-order chi connectivity index (χ0) is 13.5. The Kier molecular flexibility index (Phi) is 4.95. The van der Waals surface area contributed by atoms with Gasteiger partial charge in [-0.3, -0.25) is 4.68 Å². The number of methoxy groups -OCH3 is 1. The van der Waals surface area contributed by atoms with Crippen LogP contribution < -0.4 is 5.32 Å². The van der Waals surface area contributed by atoms with Gasteiger partial charge < -0.3 is 10.1 Å². The summed E-state index contributed by atoms with van der Waals surface area (Å²) in [5.74, 6) is 0.851. The summed E-state index contributed by atoms with van der Waals surface area (Å²) in [5.41, 5.74) is 0.715. The molecule has 0 spiro atoms. The van der Waals surface area contributed by atoms with Crippen LogP contribution in [0.15, 0.2) is 23.7 Å². The number of aromatic nitrogens is 2. The van der Waals surface area contributed by atoms with Crippen molar-refractivity contribution in [2.24, 2.45) is 0 Å². The van der Waals surface area contributed by atoms with Crippen LogP contribution in [0, 0.1) is 11.3 Å². The molecule has 0 aliphatic heterocycles. The van der Waals surface area contributed by atoms with Gasteiger partial charge in [-0.05, 0) is 12.5 Å². The van der Waals surface area contributed by atoms with Gasteiger partial charge in [-0.25, -0.2) is 0 Å². The van der Waals surface area contributed by atoms with Crippen molar-refractivity contribution in [3.63, 3.8) is 0 Å². The van der Waals surface area contributed by atoms with Crippen molar-refractivity contribution in [3.05, 3.63) is 34.2 Å². The van der Waals surface area contributed by atoms with Gasteiger partial charge in [0.25, 0.3) is 0 Å². The molecular weight excluding hydrogens is 260 g/mol. The highest BCUT2D eigenvalue weighted by Crippen LogP contribution is 2.15. The van der Waals surface area contributed by atoms with Gasteiger partial charge >= 0.3 is 0 Å². The largest absolute Gasteiger partial charge is 0.385 e. The van der Waals surface area contributed by atoms with E-state index in [0.717, 1.165) is 30.3 Å². The third kappa shape index (κ3) is 4.09. The van der Waals surface area contributed by atoms with Crippen molar-refractivity contribution >= 4 is 17.2 Å². The summed E-state index contributed by atoms with van der Waals surface area (Å²) in [7, 11) is 1.70. The molecule has 2 aromatic heterocycles. The van der Waals surface area contributed by atoms with Crippen molar-refractivity contribution in [2.75, 3.05) is 19.0 Å². The standard InChI is InChI=1S/C13H16N4OS/c1-18-6-2-4-17-5-3-13(16-17)15-9-12-7-11(8-14)10-19-12/h3,5,7,10H,2,4,6,9H2,1H3,(H,15,16). The number of anilines is 1. The highest BCUT2D eigenvalue weighted by Gasteiger charge is 2.01. The minimum atomic E-state index is 0.696. The average molecular weight is 276 g/mol. The summed E-state index contributed by atoms with van der Waals surface area (Å²) < 4.78 is 6.91. The lowest BCUT2D eigenvalue weighted by Gasteiger charge is -2.01. The number of aryl methyl sites for hydroxylation is 1. The minimum Gasteiger partial charge on any atom is -0.385 e. The number of nitriles is 1. The molecule has 1 N–H and O–H groups in total. The van der Waals surface area contributed by atoms with Gasteiger partial charge in [0, 0.05) is 42.8 Å². The second-order valence-corrected chi connectivity index (χ2v) is 5.07. The highest BCUT2D eigenvalue weighted by molar-refractivity contribution is 7.10. The smallest absolute Gasteiger partial charge is 0.148 e. The fourth-order valence-electron chi connectivity index (χ4n) is 1.66. The van der Waals surface area contributed by atoms with E-state index in [0.29, 0.717) is 12.1 Å². The molecule has 5 nitrogen and oxygen atoms in total. The third-order valence-electron chi connectivity index (χ3n) is 2.60. The molecular formula is C13H16N4OS. The molecule has 0 aromatic carbocycles. The molecule has 0 amide bonds. The molecule has 2 rings (SSSR count). The average Bonchev–Trinajstić information content (AvgIpc) is 3.05. The molecule has 0 radical (unpaired) electrons. The summed E-state index contributed by atoms with van der Waals surface area (Å²) >= 11 is 1.58. The van der Waals surface area contributed by atoms with Gasteiger partial charge in [-0.2, -0.15) is 10.4 Å². The molecule has 0 aliphatic rings. The van der Waals surface area contributed by atoms with E-state index >= 15 is 0 Å². The fourth-order valence-corrected chi connectivity index (χ4v) is 2.41. The van der Waals surface area contributed by atoms with Crippen LogP contribution in [-0.4, -0.2) is 23.5 Å². The summed E-state index contributed by atoms with van der Waals surface area (Å²) in [5, 5.41) is 18.3. The quantitative estimate of drug-likeness (QED) is 0.789. The van der Waals surface area contributed by atoms with Gasteiger partial charge in [0.05, 0.1) is 12.1 Å². The molecule has 6 heteroatoms. The molecule has 0 saturated heterocycles. The van der Waals surface area contributed by atoms with Crippen LogP contribution >= 0.6 is 11.3 Å². The van der Waals surface area contributed by atoms with Crippen molar-refractivity contribution < 1.29 is 4.74 Å². The Morgan fingerprint density at radius 3 is 3.21 bits per heavy atom. The molecule has 0 aliphatic carbocycles. The molecule has 0 fully saturated rings. The Morgan fingerprint density at radius 2 is 2.47 bits per heavy atom. The molecule has 0 saturated carbocycles. The lowest BCUT2D eigenvalue weighted by Crippen LogP contribution is -2.04. The maximum Gasteiger partial charge on any atom is 0.148 e. The van der Waals surface area contributed by atoms with E-state index in [-0.39, 0.29) is 0 Å². The number of nitrogens with one attached hydrogen (secondary N) is 1. The molecule has 0 bridgehead atoms. The van der Waals surface area contributed by atoms with Crippen LogP contribution in [-0.2, 0) is 17.8 Å². The van der Waals surface area contributed by atoms with E-state index in [9.17, 15) is 0 Å². The van der Waals surface area contributed by atoms with Crippen molar-refractivity contribution in [1.29, 1.82) is 5.26 Å². The number of rotatable bonds is 7. The predicted molar refractivity (Wildman–Crippen MR) is 75.1 cm³/mol. The first-order chi connectivity index (χ1) is 9.31. The van der Waals surface area contributed by atoms with Crippen LogP contribution in [0.2, 0.25) is 0 Å². The number of hydrogen-bond donors (Lipinski definition) is 1. The zero-order valence-corrected chi connectivity index (χ0v) is 11.6. The predicted octanol–water partition coefficient (Wildman–Crippen LogP) is 2.46.